The third kappa shape index (κ3) is 6.50. The molecule has 3 heterocycles. The highest BCUT2D eigenvalue weighted by Gasteiger charge is 2.46. The second kappa shape index (κ2) is 14.2. The molecule has 2 aliphatic heterocycles. The Kier molecular flexibility index (Phi) is 9.35. The maximum absolute atomic E-state index is 2.63. The van der Waals surface area contributed by atoms with E-state index < -0.39 is 0 Å². The van der Waals surface area contributed by atoms with E-state index in [9.17, 15) is 0 Å². The smallest absolute Gasteiger partial charge is 0.264 e. The van der Waals surface area contributed by atoms with Crippen molar-refractivity contribution in [1.29, 1.82) is 0 Å². The first-order valence-corrected chi connectivity index (χ1v) is 23.7. The number of rotatable bonds is 6. The van der Waals surface area contributed by atoms with Gasteiger partial charge in [-0.25, -0.2) is 0 Å². The number of fused-ring (bicyclic) bond motifs is 7. The van der Waals surface area contributed by atoms with Crippen LogP contribution in [0.5, 0.6) is 0 Å². The van der Waals surface area contributed by atoms with Crippen LogP contribution in [0.1, 0.15) is 128 Å². The van der Waals surface area contributed by atoms with Crippen molar-refractivity contribution < 1.29 is 0 Å². The molecule has 61 heavy (non-hydrogen) atoms. The topological polar surface area (TPSA) is 6.48 Å². The Morgan fingerprint density at radius 2 is 1.28 bits per heavy atom. The van der Waals surface area contributed by atoms with Crippen LogP contribution in [-0.4, -0.2) is 6.71 Å². The summed E-state index contributed by atoms with van der Waals surface area (Å²) in [7, 11) is 0. The van der Waals surface area contributed by atoms with Crippen molar-refractivity contribution in [3.05, 3.63) is 149 Å². The first-order valence-electron chi connectivity index (χ1n) is 22.8. The maximum atomic E-state index is 2.63. The van der Waals surface area contributed by atoms with Gasteiger partial charge in [0.15, 0.2) is 0 Å². The van der Waals surface area contributed by atoms with E-state index in [4.69, 9.17) is 0 Å². The zero-order valence-corrected chi connectivity index (χ0v) is 39.1. The van der Waals surface area contributed by atoms with Crippen molar-refractivity contribution in [3.63, 3.8) is 0 Å². The summed E-state index contributed by atoms with van der Waals surface area (Å²) in [5.41, 5.74) is 21.7. The van der Waals surface area contributed by atoms with E-state index in [2.05, 4.69) is 201 Å². The van der Waals surface area contributed by atoms with Crippen LogP contribution in [0.2, 0.25) is 0 Å². The Balaban J connectivity index is 1.28. The van der Waals surface area contributed by atoms with Gasteiger partial charge in [-0.3, -0.25) is 0 Å². The molecule has 0 bridgehead atoms. The van der Waals surface area contributed by atoms with E-state index in [0.717, 1.165) is 12.8 Å². The molecular formula is C57H61BN2S. The Labute approximate surface area is 369 Å². The SMILES string of the molecule is CCC(C)(C)c1ccc(N2c3cccc4c3B(c3cc(C(C)C)ccc3N4c3ccc(C(C)(C)C)cc3-c3ccc4c(c3)CCC4)c3sc4ccc(C(C)(C)C)cc4c32)cc1. The molecule has 10 rings (SSSR count). The molecule has 7 aromatic rings. The van der Waals surface area contributed by atoms with Crippen LogP contribution in [0.3, 0.4) is 0 Å². The van der Waals surface area contributed by atoms with Gasteiger partial charge in [0.05, 0.1) is 11.4 Å². The molecule has 0 spiro atoms. The minimum Gasteiger partial charge on any atom is -0.311 e. The van der Waals surface area contributed by atoms with Crippen molar-refractivity contribution in [2.75, 3.05) is 9.80 Å². The number of hydrogen-bond donors (Lipinski definition) is 0. The Morgan fingerprint density at radius 3 is 1.98 bits per heavy atom. The fourth-order valence-electron chi connectivity index (χ4n) is 10.2. The lowest BCUT2D eigenvalue weighted by Crippen LogP contribution is -2.60. The number of nitrogens with zero attached hydrogens (tertiary/aromatic N) is 2. The molecule has 1 aliphatic carbocycles. The summed E-state index contributed by atoms with van der Waals surface area (Å²) in [6, 6.07) is 45.9. The highest BCUT2D eigenvalue weighted by molar-refractivity contribution is 7.33. The van der Waals surface area contributed by atoms with Crippen LogP contribution < -0.4 is 25.5 Å². The highest BCUT2D eigenvalue weighted by atomic mass is 32.1. The zero-order valence-electron chi connectivity index (χ0n) is 38.3. The van der Waals surface area contributed by atoms with Gasteiger partial charge in [0.1, 0.15) is 0 Å². The summed E-state index contributed by atoms with van der Waals surface area (Å²) in [4.78, 5) is 5.25. The minimum atomic E-state index is 0.0137. The van der Waals surface area contributed by atoms with E-state index in [1.165, 1.54) is 117 Å². The zero-order chi connectivity index (χ0) is 42.7. The number of aryl methyl sites for hydroxylation is 2. The number of anilines is 6. The number of hydrogen-bond acceptors (Lipinski definition) is 3. The second-order valence-corrected chi connectivity index (χ2v) is 22.2. The van der Waals surface area contributed by atoms with Crippen molar-refractivity contribution in [3.8, 4) is 11.1 Å². The van der Waals surface area contributed by atoms with E-state index in [-0.39, 0.29) is 23.0 Å². The third-order valence-corrected chi connectivity index (χ3v) is 15.7. The Morgan fingerprint density at radius 1 is 0.623 bits per heavy atom. The lowest BCUT2D eigenvalue weighted by atomic mass is 9.36. The lowest BCUT2D eigenvalue weighted by molar-refractivity contribution is 0.506. The first-order chi connectivity index (χ1) is 29.0. The van der Waals surface area contributed by atoms with Crippen LogP contribution in [0.4, 0.5) is 34.1 Å². The van der Waals surface area contributed by atoms with Gasteiger partial charge in [-0.1, -0.05) is 137 Å². The van der Waals surface area contributed by atoms with Gasteiger partial charge in [-0.05, 0) is 152 Å². The summed E-state index contributed by atoms with van der Waals surface area (Å²) >= 11 is 2.00. The average Bonchev–Trinajstić information content (AvgIpc) is 3.87. The largest absolute Gasteiger partial charge is 0.311 e. The van der Waals surface area contributed by atoms with Gasteiger partial charge in [-0.15, -0.1) is 11.3 Å². The molecule has 6 aromatic carbocycles. The second-order valence-electron chi connectivity index (χ2n) is 21.2. The minimum absolute atomic E-state index is 0.0137. The molecule has 0 unspecified atom stereocenters. The lowest BCUT2D eigenvalue weighted by Gasteiger charge is -2.44. The van der Waals surface area contributed by atoms with Crippen molar-refractivity contribution in [1.82, 2.24) is 0 Å². The Hall–Kier alpha value is -5.06. The summed E-state index contributed by atoms with van der Waals surface area (Å²) in [6.07, 6.45) is 4.69. The quantitative estimate of drug-likeness (QED) is 0.154. The summed E-state index contributed by atoms with van der Waals surface area (Å²) < 4.78 is 2.78. The predicted molar refractivity (Wildman–Crippen MR) is 268 cm³/mol. The molecule has 0 amide bonds. The van der Waals surface area contributed by atoms with E-state index >= 15 is 0 Å². The Bertz CT molecular complexity index is 2860. The van der Waals surface area contributed by atoms with Gasteiger partial charge >= 0.3 is 0 Å². The van der Waals surface area contributed by atoms with E-state index in [1.807, 2.05) is 11.3 Å². The third-order valence-electron chi connectivity index (χ3n) is 14.4. The van der Waals surface area contributed by atoms with Crippen LogP contribution >= 0.6 is 11.3 Å². The summed E-state index contributed by atoms with van der Waals surface area (Å²) in [5, 5.41) is 1.35. The molecule has 0 atom stereocenters. The van der Waals surface area contributed by atoms with E-state index in [1.54, 1.807) is 0 Å². The molecule has 2 nitrogen and oxygen atoms in total. The van der Waals surface area contributed by atoms with Crippen LogP contribution in [0.15, 0.2) is 115 Å². The monoisotopic (exact) mass is 816 g/mol. The maximum Gasteiger partial charge on any atom is 0.264 e. The fraction of sp³-hybridized carbons (Fsp3) is 0.333. The van der Waals surface area contributed by atoms with Gasteiger partial charge in [-0.2, -0.15) is 0 Å². The normalized spacial score (nSPS) is 14.7. The van der Waals surface area contributed by atoms with Crippen LogP contribution in [0, 0.1) is 0 Å². The molecule has 0 saturated heterocycles. The van der Waals surface area contributed by atoms with Crippen molar-refractivity contribution in [2.45, 2.75) is 124 Å². The van der Waals surface area contributed by atoms with Crippen LogP contribution in [0.25, 0.3) is 21.2 Å². The summed E-state index contributed by atoms with van der Waals surface area (Å²) in [6.45, 7) is 25.8. The van der Waals surface area contributed by atoms with Crippen molar-refractivity contribution in [2.24, 2.45) is 0 Å². The molecule has 0 radical (unpaired) electrons. The molecule has 0 fully saturated rings. The standard InChI is InChI=1S/C57H61BN2S/c1-12-57(10,11)40-22-26-43(27-23-40)59-49-17-14-18-50-52(49)58(54-53(59)45-34-42(56(7,8)9)25-30-51(45)61-54)46-32-37(35(2)3)21-28-48(46)60(50)47-29-24-41(55(4,5)6)33-44(47)39-20-19-36-15-13-16-38(36)31-39/h14,17-35H,12-13,15-16H2,1-11H3. The highest BCUT2D eigenvalue weighted by Crippen LogP contribution is 2.50. The summed E-state index contributed by atoms with van der Waals surface area (Å²) in [5.74, 6) is 0.408. The molecule has 1 aromatic heterocycles. The van der Waals surface area contributed by atoms with Crippen molar-refractivity contribution >= 4 is 78.0 Å². The van der Waals surface area contributed by atoms with Gasteiger partial charge in [0.2, 0.25) is 0 Å². The fourth-order valence-corrected chi connectivity index (χ4v) is 11.5. The first kappa shape index (κ1) is 40.0. The molecule has 0 saturated carbocycles. The van der Waals surface area contributed by atoms with Gasteiger partial charge in [0.25, 0.3) is 6.71 Å². The average molecular weight is 817 g/mol. The molecule has 308 valence electrons. The van der Waals surface area contributed by atoms with Gasteiger partial charge in [0, 0.05) is 43.2 Å². The molecule has 4 heteroatoms. The molecule has 3 aliphatic rings. The number of thiophene rings is 1. The predicted octanol–water partition coefficient (Wildman–Crippen LogP) is 14.5. The van der Waals surface area contributed by atoms with Gasteiger partial charge < -0.3 is 9.80 Å². The molecular weight excluding hydrogens is 756 g/mol. The number of benzene rings is 6. The van der Waals surface area contributed by atoms with E-state index in [0.29, 0.717) is 5.92 Å². The molecule has 0 N–H and O–H groups in total. The van der Waals surface area contributed by atoms with Crippen LogP contribution in [-0.2, 0) is 29.1 Å².